The number of nitrogens with zero attached hydrogens (tertiary/aromatic N) is 2. The van der Waals surface area contributed by atoms with E-state index in [4.69, 9.17) is 21.4 Å². The summed E-state index contributed by atoms with van der Waals surface area (Å²) in [7, 11) is -4.62. The van der Waals surface area contributed by atoms with E-state index in [1.807, 2.05) is 0 Å². The Morgan fingerprint density at radius 3 is 2.61 bits per heavy atom. The van der Waals surface area contributed by atoms with Crippen LogP contribution >= 0.6 is 11.6 Å². The highest BCUT2D eigenvalue weighted by Gasteiger charge is 2.21. The van der Waals surface area contributed by atoms with Crippen LogP contribution in [0.15, 0.2) is 23.1 Å². The van der Waals surface area contributed by atoms with Gasteiger partial charge in [-0.1, -0.05) is 6.07 Å². The maximum Gasteiger partial charge on any atom is 0.295 e. The Balaban J connectivity index is 3.36. The molecule has 1 aromatic carbocycles. The van der Waals surface area contributed by atoms with Crippen LogP contribution in [0.3, 0.4) is 0 Å². The lowest BCUT2D eigenvalue weighted by Crippen LogP contribution is -2.08. The molecule has 9 heteroatoms. The molecule has 1 N–H and O–H groups in total. The standard InChI is InChI=1S/C9H7ClN2O5S/c10-7(5-11)3-6-1-2-8(12(13)14)4-9(6)18(15,16)17/h1-2,4,7H,3H2,(H,15,16,17)/t7-/m1/s1. The van der Waals surface area contributed by atoms with Gasteiger partial charge in [-0.15, -0.1) is 11.6 Å². The van der Waals surface area contributed by atoms with E-state index in [0.29, 0.717) is 0 Å². The van der Waals surface area contributed by atoms with Gasteiger partial charge in [0.2, 0.25) is 0 Å². The average molecular weight is 291 g/mol. The molecule has 0 bridgehead atoms. The molecule has 0 aromatic heterocycles. The predicted molar refractivity (Wildman–Crippen MR) is 61.9 cm³/mol. The van der Waals surface area contributed by atoms with Crippen LogP contribution in [0.25, 0.3) is 0 Å². The Labute approximate surface area is 108 Å². The number of hydrogen-bond donors (Lipinski definition) is 1. The normalized spacial score (nSPS) is 12.7. The van der Waals surface area contributed by atoms with E-state index in [9.17, 15) is 18.5 Å². The first-order valence-electron chi connectivity index (χ1n) is 4.54. The Morgan fingerprint density at radius 2 is 2.17 bits per heavy atom. The molecule has 0 aliphatic rings. The van der Waals surface area contributed by atoms with Gasteiger partial charge >= 0.3 is 0 Å². The minimum absolute atomic E-state index is 0.0460. The van der Waals surface area contributed by atoms with E-state index in [1.165, 1.54) is 0 Å². The molecule has 96 valence electrons. The SMILES string of the molecule is N#C[C@H](Cl)Cc1ccc([N+](=O)[O-])cc1S(=O)(=O)O. The zero-order valence-electron chi connectivity index (χ0n) is 8.78. The number of rotatable bonds is 4. The fourth-order valence-electron chi connectivity index (χ4n) is 1.30. The molecule has 0 radical (unpaired) electrons. The van der Waals surface area contributed by atoms with Gasteiger partial charge in [-0.3, -0.25) is 14.7 Å². The topological polar surface area (TPSA) is 121 Å². The minimum Gasteiger partial charge on any atom is -0.282 e. The Hall–Kier alpha value is -1.69. The maximum atomic E-state index is 11.1. The summed E-state index contributed by atoms with van der Waals surface area (Å²) in [6.07, 6.45) is -0.148. The first-order chi connectivity index (χ1) is 8.25. The molecule has 0 heterocycles. The first kappa shape index (κ1) is 14.4. The van der Waals surface area contributed by atoms with Gasteiger partial charge < -0.3 is 0 Å². The lowest BCUT2D eigenvalue weighted by Gasteiger charge is -2.07. The van der Waals surface area contributed by atoms with Crippen molar-refractivity contribution in [3.05, 3.63) is 33.9 Å². The van der Waals surface area contributed by atoms with Crippen LogP contribution in [0, 0.1) is 21.4 Å². The molecule has 0 aliphatic carbocycles. The number of nitro benzene ring substituents is 1. The van der Waals surface area contributed by atoms with Crippen molar-refractivity contribution in [3.8, 4) is 6.07 Å². The fourth-order valence-corrected chi connectivity index (χ4v) is 2.22. The largest absolute Gasteiger partial charge is 0.295 e. The average Bonchev–Trinajstić information content (AvgIpc) is 2.27. The lowest BCUT2D eigenvalue weighted by molar-refractivity contribution is -0.385. The summed E-state index contributed by atoms with van der Waals surface area (Å²) in [6.45, 7) is 0. The van der Waals surface area contributed by atoms with Crippen molar-refractivity contribution in [1.29, 1.82) is 5.26 Å². The number of halogens is 1. The Morgan fingerprint density at radius 1 is 1.56 bits per heavy atom. The van der Waals surface area contributed by atoms with Crippen LogP contribution in [0.5, 0.6) is 0 Å². The zero-order valence-corrected chi connectivity index (χ0v) is 10.3. The third kappa shape index (κ3) is 3.40. The van der Waals surface area contributed by atoms with Gasteiger partial charge in [0.05, 0.1) is 11.0 Å². The van der Waals surface area contributed by atoms with Crippen molar-refractivity contribution < 1.29 is 17.9 Å². The maximum absolute atomic E-state index is 11.1. The smallest absolute Gasteiger partial charge is 0.282 e. The first-order valence-corrected chi connectivity index (χ1v) is 6.42. The summed E-state index contributed by atoms with van der Waals surface area (Å²) in [5.41, 5.74) is -0.431. The van der Waals surface area contributed by atoms with E-state index < -0.39 is 31.0 Å². The molecular weight excluding hydrogens is 284 g/mol. The van der Waals surface area contributed by atoms with Gasteiger partial charge in [0.15, 0.2) is 0 Å². The van der Waals surface area contributed by atoms with E-state index in [1.54, 1.807) is 6.07 Å². The van der Waals surface area contributed by atoms with Gasteiger partial charge in [-0.25, -0.2) is 0 Å². The Bertz CT molecular complexity index is 622. The summed E-state index contributed by atoms with van der Waals surface area (Å²) in [4.78, 5) is 9.12. The van der Waals surface area contributed by atoms with E-state index >= 15 is 0 Å². The number of alkyl halides is 1. The lowest BCUT2D eigenvalue weighted by atomic mass is 10.1. The molecule has 0 aliphatic heterocycles. The van der Waals surface area contributed by atoms with Crippen LogP contribution in [-0.4, -0.2) is 23.3 Å². The molecule has 7 nitrogen and oxygen atoms in total. The highest BCUT2D eigenvalue weighted by atomic mass is 35.5. The number of benzene rings is 1. The minimum atomic E-state index is -4.62. The van der Waals surface area contributed by atoms with Crippen molar-refractivity contribution in [2.24, 2.45) is 0 Å². The van der Waals surface area contributed by atoms with Crippen LogP contribution in [-0.2, 0) is 16.5 Å². The van der Waals surface area contributed by atoms with Gasteiger partial charge in [-0.2, -0.15) is 13.7 Å². The van der Waals surface area contributed by atoms with E-state index in [-0.39, 0.29) is 12.0 Å². The molecule has 1 aromatic rings. The van der Waals surface area contributed by atoms with Gasteiger partial charge in [0.1, 0.15) is 10.3 Å². The second-order valence-electron chi connectivity index (χ2n) is 3.32. The molecule has 0 unspecified atom stereocenters. The monoisotopic (exact) mass is 290 g/mol. The van der Waals surface area contributed by atoms with Crippen molar-refractivity contribution in [3.63, 3.8) is 0 Å². The molecule has 0 fully saturated rings. The van der Waals surface area contributed by atoms with E-state index in [2.05, 4.69) is 0 Å². The zero-order chi connectivity index (χ0) is 13.9. The molecule has 0 saturated heterocycles. The molecular formula is C9H7ClN2O5S. The number of hydrogen-bond acceptors (Lipinski definition) is 5. The predicted octanol–water partition coefficient (Wildman–Crippen LogP) is 1.51. The quantitative estimate of drug-likeness (QED) is 0.388. The highest BCUT2D eigenvalue weighted by Crippen LogP contribution is 2.24. The summed E-state index contributed by atoms with van der Waals surface area (Å²) >= 11 is 5.55. The van der Waals surface area contributed by atoms with E-state index in [0.717, 1.165) is 18.2 Å². The van der Waals surface area contributed by atoms with Crippen LogP contribution in [0.4, 0.5) is 5.69 Å². The number of nitriles is 1. The van der Waals surface area contributed by atoms with Gasteiger partial charge in [-0.05, 0) is 5.56 Å². The molecule has 1 rings (SSSR count). The molecule has 18 heavy (non-hydrogen) atoms. The highest BCUT2D eigenvalue weighted by molar-refractivity contribution is 7.85. The summed E-state index contributed by atoms with van der Waals surface area (Å²) < 4.78 is 31.2. The second kappa shape index (κ2) is 5.30. The molecule has 1 atom stereocenters. The van der Waals surface area contributed by atoms with Crippen molar-refractivity contribution >= 4 is 27.4 Å². The summed E-state index contributed by atoms with van der Waals surface area (Å²) in [5, 5.41) is 18.1. The van der Waals surface area contributed by atoms with Crippen LogP contribution in [0.2, 0.25) is 0 Å². The third-order valence-electron chi connectivity index (χ3n) is 2.08. The van der Waals surface area contributed by atoms with Gasteiger partial charge in [0.25, 0.3) is 15.8 Å². The van der Waals surface area contributed by atoms with Crippen molar-refractivity contribution in [2.75, 3.05) is 0 Å². The van der Waals surface area contributed by atoms with Crippen molar-refractivity contribution in [2.45, 2.75) is 16.7 Å². The second-order valence-corrected chi connectivity index (χ2v) is 5.24. The summed E-state index contributed by atoms with van der Waals surface area (Å²) in [5.74, 6) is 0. The molecule has 0 spiro atoms. The summed E-state index contributed by atoms with van der Waals surface area (Å²) in [6, 6.07) is 4.63. The third-order valence-corrected chi connectivity index (χ3v) is 3.27. The van der Waals surface area contributed by atoms with Crippen molar-refractivity contribution in [1.82, 2.24) is 0 Å². The van der Waals surface area contributed by atoms with Crippen LogP contribution < -0.4 is 0 Å². The fraction of sp³-hybridized carbons (Fsp3) is 0.222. The number of nitro groups is 1. The number of non-ortho nitro benzene ring substituents is 1. The van der Waals surface area contributed by atoms with Gasteiger partial charge in [0, 0.05) is 18.6 Å². The Kier molecular flexibility index (Phi) is 4.24. The molecule has 0 amide bonds. The van der Waals surface area contributed by atoms with Crippen LogP contribution in [0.1, 0.15) is 5.56 Å². The molecule has 0 saturated carbocycles.